The van der Waals surface area contributed by atoms with Crippen molar-refractivity contribution in [2.75, 3.05) is 11.4 Å². The van der Waals surface area contributed by atoms with Crippen LogP contribution in [0.3, 0.4) is 0 Å². The van der Waals surface area contributed by atoms with E-state index in [4.69, 9.17) is 0 Å². The van der Waals surface area contributed by atoms with Gasteiger partial charge in [0.2, 0.25) is 5.91 Å². The van der Waals surface area contributed by atoms with Crippen LogP contribution in [0.4, 0.5) is 18.9 Å². The minimum absolute atomic E-state index is 0.00358. The number of hydrogen-bond acceptors (Lipinski definition) is 5. The maximum absolute atomic E-state index is 13.5. The summed E-state index contributed by atoms with van der Waals surface area (Å²) in [5, 5.41) is 23.7. The summed E-state index contributed by atoms with van der Waals surface area (Å²) >= 11 is 0. The van der Waals surface area contributed by atoms with Crippen molar-refractivity contribution in [2.24, 2.45) is 0 Å². The summed E-state index contributed by atoms with van der Waals surface area (Å²) in [6, 6.07) is 1.27. The summed E-state index contributed by atoms with van der Waals surface area (Å²) in [6.07, 6.45) is -1.65. The number of carbonyl (C=O) groups is 2. The van der Waals surface area contributed by atoms with Crippen LogP contribution in [0, 0.1) is 17.5 Å². The first kappa shape index (κ1) is 20.4. The van der Waals surface area contributed by atoms with E-state index in [9.17, 15) is 33.0 Å². The predicted molar refractivity (Wildman–Crippen MR) is 96.6 cm³/mol. The van der Waals surface area contributed by atoms with Gasteiger partial charge >= 0.3 is 0 Å². The Labute approximate surface area is 169 Å². The van der Waals surface area contributed by atoms with E-state index in [2.05, 4.69) is 5.10 Å². The predicted octanol–water partition coefficient (Wildman–Crippen LogP) is 0.342. The number of aromatic nitrogens is 2. The highest BCUT2D eigenvalue weighted by Gasteiger charge is 2.41. The molecule has 2 aliphatic rings. The quantitative estimate of drug-likeness (QED) is 0.693. The highest BCUT2D eigenvalue weighted by atomic mass is 19.2. The first-order chi connectivity index (χ1) is 14.2. The molecule has 2 aliphatic heterocycles. The van der Waals surface area contributed by atoms with E-state index >= 15 is 0 Å². The second-order valence-electron chi connectivity index (χ2n) is 7.54. The van der Waals surface area contributed by atoms with Crippen molar-refractivity contribution in [2.45, 2.75) is 44.7 Å². The first-order valence-electron chi connectivity index (χ1n) is 9.32. The second kappa shape index (κ2) is 7.40. The molecule has 0 aliphatic carbocycles. The van der Waals surface area contributed by atoms with Crippen LogP contribution in [0.25, 0.3) is 0 Å². The fourth-order valence-electron chi connectivity index (χ4n) is 3.85. The Kier molecular flexibility index (Phi) is 5.02. The number of β-amino-alcohol motifs (C(OH)–C–C–N with tert-alkyl or cyclic N) is 1. The van der Waals surface area contributed by atoms with Crippen molar-refractivity contribution in [3.05, 3.63) is 47.0 Å². The van der Waals surface area contributed by atoms with Crippen molar-refractivity contribution in [3.63, 3.8) is 0 Å². The van der Waals surface area contributed by atoms with Gasteiger partial charge < -0.3 is 20.0 Å². The van der Waals surface area contributed by atoms with Gasteiger partial charge in [-0.05, 0) is 24.6 Å². The molecule has 0 bridgehead atoms. The zero-order valence-corrected chi connectivity index (χ0v) is 15.9. The molecular weight excluding hydrogens is 405 g/mol. The normalized spacial score (nSPS) is 23.8. The van der Waals surface area contributed by atoms with Gasteiger partial charge in [0.05, 0.1) is 43.6 Å². The molecule has 2 N–H and O–H groups in total. The molecule has 0 spiro atoms. The Morgan fingerprint density at radius 3 is 2.47 bits per heavy atom. The highest BCUT2D eigenvalue weighted by molar-refractivity contribution is 5.99. The molecule has 160 valence electrons. The number of nitrogens with zero attached hydrogens (tertiary/aromatic N) is 4. The van der Waals surface area contributed by atoms with Gasteiger partial charge in [-0.15, -0.1) is 0 Å². The average molecular weight is 424 g/mol. The number of benzene rings is 1. The fraction of sp³-hybridized carbons (Fsp3) is 0.421. The Morgan fingerprint density at radius 1 is 1.20 bits per heavy atom. The SMILES string of the molecule is C[C@H]1Cn2ncc(N3C[C@@H](O)[C@@H](O)C3=O)c2CN1C(=O)Cc1cc(F)c(F)c(F)c1. The summed E-state index contributed by atoms with van der Waals surface area (Å²) < 4.78 is 41.7. The van der Waals surface area contributed by atoms with Crippen molar-refractivity contribution in [1.82, 2.24) is 14.7 Å². The summed E-state index contributed by atoms with van der Waals surface area (Å²) in [7, 11) is 0. The third-order valence-electron chi connectivity index (χ3n) is 5.48. The molecule has 0 unspecified atom stereocenters. The van der Waals surface area contributed by atoms with E-state index in [1.165, 1.54) is 16.0 Å². The minimum Gasteiger partial charge on any atom is -0.388 e. The van der Waals surface area contributed by atoms with Gasteiger partial charge in [-0.1, -0.05) is 0 Å². The molecule has 30 heavy (non-hydrogen) atoms. The van der Waals surface area contributed by atoms with Gasteiger partial charge in [-0.3, -0.25) is 14.3 Å². The lowest BCUT2D eigenvalue weighted by molar-refractivity contribution is -0.134. The summed E-state index contributed by atoms with van der Waals surface area (Å²) in [5.41, 5.74) is 0.913. The van der Waals surface area contributed by atoms with Gasteiger partial charge in [-0.25, -0.2) is 13.2 Å². The standard InChI is InChI=1S/C19H19F3N4O4/c1-9-6-26-14(13(5-23-26)25-8-15(27)18(29)19(25)30)7-24(9)16(28)4-10-2-11(20)17(22)12(21)3-10/h2-3,5,9,15,18,27,29H,4,6-8H2,1H3/t9-,15+,18+/m0/s1. The molecule has 3 heterocycles. The van der Waals surface area contributed by atoms with Crippen LogP contribution in [0.5, 0.6) is 0 Å². The van der Waals surface area contributed by atoms with Gasteiger partial charge in [0.15, 0.2) is 23.6 Å². The third-order valence-corrected chi connectivity index (χ3v) is 5.48. The highest BCUT2D eigenvalue weighted by Crippen LogP contribution is 2.30. The maximum atomic E-state index is 13.5. The van der Waals surface area contributed by atoms with Gasteiger partial charge in [0.1, 0.15) is 6.10 Å². The lowest BCUT2D eigenvalue weighted by atomic mass is 10.1. The molecule has 1 fully saturated rings. The lowest BCUT2D eigenvalue weighted by Crippen LogP contribution is -2.46. The maximum Gasteiger partial charge on any atom is 0.258 e. The number of aliphatic hydroxyl groups is 2. The topological polar surface area (TPSA) is 98.9 Å². The molecule has 8 nitrogen and oxygen atoms in total. The van der Waals surface area contributed by atoms with Crippen molar-refractivity contribution >= 4 is 17.5 Å². The minimum atomic E-state index is -1.59. The molecule has 3 atom stereocenters. The monoisotopic (exact) mass is 424 g/mol. The largest absolute Gasteiger partial charge is 0.388 e. The molecule has 1 saturated heterocycles. The number of rotatable bonds is 3. The number of carbonyl (C=O) groups excluding carboxylic acids is 2. The van der Waals surface area contributed by atoms with Gasteiger partial charge in [0, 0.05) is 6.04 Å². The molecule has 1 aromatic heterocycles. The van der Waals surface area contributed by atoms with Crippen LogP contribution >= 0.6 is 0 Å². The molecular formula is C19H19F3N4O4. The van der Waals surface area contributed by atoms with Crippen LogP contribution in [0.2, 0.25) is 0 Å². The molecule has 11 heteroatoms. The van der Waals surface area contributed by atoms with Gasteiger partial charge in [-0.2, -0.15) is 5.10 Å². The Balaban J connectivity index is 1.57. The van der Waals surface area contributed by atoms with Crippen LogP contribution in [0.15, 0.2) is 18.3 Å². The summed E-state index contributed by atoms with van der Waals surface area (Å²) in [6.45, 7) is 2.07. The van der Waals surface area contributed by atoms with E-state index in [0.717, 1.165) is 12.1 Å². The Morgan fingerprint density at radius 2 is 1.87 bits per heavy atom. The number of hydrogen-bond donors (Lipinski definition) is 2. The molecule has 1 aromatic carbocycles. The fourth-order valence-corrected chi connectivity index (χ4v) is 3.85. The number of anilines is 1. The Bertz CT molecular complexity index is 1000. The third kappa shape index (κ3) is 3.33. The summed E-state index contributed by atoms with van der Waals surface area (Å²) in [5.74, 6) is -5.42. The van der Waals surface area contributed by atoms with E-state index in [-0.39, 0.29) is 31.1 Å². The van der Waals surface area contributed by atoms with E-state index < -0.39 is 41.5 Å². The van der Waals surface area contributed by atoms with E-state index in [1.807, 2.05) is 0 Å². The number of amides is 2. The van der Waals surface area contributed by atoms with Crippen LogP contribution < -0.4 is 4.90 Å². The van der Waals surface area contributed by atoms with Crippen LogP contribution in [-0.4, -0.2) is 61.5 Å². The van der Waals surface area contributed by atoms with Crippen molar-refractivity contribution < 1.29 is 33.0 Å². The van der Waals surface area contributed by atoms with Crippen molar-refractivity contribution in [1.29, 1.82) is 0 Å². The van der Waals surface area contributed by atoms with Gasteiger partial charge in [0.25, 0.3) is 5.91 Å². The molecule has 4 rings (SSSR count). The number of fused-ring (bicyclic) bond motifs is 1. The van der Waals surface area contributed by atoms with Crippen LogP contribution in [-0.2, 0) is 29.1 Å². The molecule has 2 amide bonds. The zero-order valence-electron chi connectivity index (χ0n) is 15.9. The number of halogens is 3. The molecule has 0 radical (unpaired) electrons. The smallest absolute Gasteiger partial charge is 0.258 e. The van der Waals surface area contributed by atoms with Crippen LogP contribution in [0.1, 0.15) is 18.2 Å². The first-order valence-corrected chi connectivity index (χ1v) is 9.32. The average Bonchev–Trinajstić information content (AvgIpc) is 3.20. The lowest BCUT2D eigenvalue weighted by Gasteiger charge is -2.35. The van der Waals surface area contributed by atoms with E-state index in [1.54, 1.807) is 11.6 Å². The summed E-state index contributed by atoms with van der Waals surface area (Å²) in [4.78, 5) is 27.7. The number of aliphatic hydroxyl groups excluding tert-OH is 2. The Hall–Kier alpha value is -2.92. The molecule has 2 aromatic rings. The zero-order chi connectivity index (χ0) is 21.7. The molecule has 0 saturated carbocycles. The van der Waals surface area contributed by atoms with E-state index in [0.29, 0.717) is 17.9 Å². The second-order valence-corrected chi connectivity index (χ2v) is 7.54. The van der Waals surface area contributed by atoms with Crippen molar-refractivity contribution in [3.8, 4) is 0 Å².